The van der Waals surface area contributed by atoms with Crippen molar-refractivity contribution in [1.82, 2.24) is 4.90 Å². The van der Waals surface area contributed by atoms with Gasteiger partial charge in [-0.2, -0.15) is 0 Å². The van der Waals surface area contributed by atoms with Gasteiger partial charge in [0.25, 0.3) is 5.69 Å². The monoisotopic (exact) mass is 415 g/mol. The van der Waals surface area contributed by atoms with E-state index in [1.165, 1.54) is 17.4 Å². The summed E-state index contributed by atoms with van der Waals surface area (Å²) < 4.78 is 6.34. The Balaban J connectivity index is 2.05. The van der Waals surface area contributed by atoms with Crippen LogP contribution in [0.3, 0.4) is 0 Å². The predicted octanol–water partition coefficient (Wildman–Crippen LogP) is 4.48. The average Bonchev–Trinajstić information content (AvgIpc) is 2.73. The zero-order valence-electron chi connectivity index (χ0n) is 16.9. The molecule has 0 radical (unpaired) electrons. The summed E-state index contributed by atoms with van der Waals surface area (Å²) in [6.07, 6.45) is 0.916. The topological polar surface area (TPSA) is 84.7 Å². The quantitative estimate of drug-likeness (QED) is 0.240. The van der Waals surface area contributed by atoms with E-state index in [4.69, 9.17) is 4.74 Å². The molecule has 0 aliphatic heterocycles. The molecular weight excluding hydrogens is 390 g/mol. The third-order valence-electron chi connectivity index (χ3n) is 5.07. The van der Waals surface area contributed by atoms with Crippen LogP contribution in [0.5, 0.6) is 5.75 Å². The molecule has 1 heterocycles. The lowest BCUT2D eigenvalue weighted by Gasteiger charge is -2.18. The molecule has 0 aliphatic carbocycles. The number of anilines is 1. The number of rotatable bonds is 9. The number of methoxy groups -OCH3 is 1. The van der Waals surface area contributed by atoms with Crippen molar-refractivity contribution < 1.29 is 9.66 Å². The van der Waals surface area contributed by atoms with E-state index >= 15 is 0 Å². The number of nitro benzene ring substituents is 1. The average molecular weight is 416 g/mol. The van der Waals surface area contributed by atoms with Gasteiger partial charge in [0.2, 0.25) is 0 Å². The molecule has 3 aromatic rings. The highest BCUT2D eigenvalue weighted by atomic mass is 32.1. The van der Waals surface area contributed by atoms with E-state index < -0.39 is 4.92 Å². The van der Waals surface area contributed by atoms with Crippen LogP contribution < -0.4 is 15.5 Å². The number of nitrogens with one attached hydrogen (secondary N) is 1. The van der Waals surface area contributed by atoms with Gasteiger partial charge in [-0.25, -0.2) is 0 Å². The van der Waals surface area contributed by atoms with Gasteiger partial charge in [-0.3, -0.25) is 14.9 Å². The first-order valence-corrected chi connectivity index (χ1v) is 10.5. The van der Waals surface area contributed by atoms with Crippen molar-refractivity contribution in [3.8, 4) is 5.75 Å². The third kappa shape index (κ3) is 4.33. The minimum absolute atomic E-state index is 0.0477. The van der Waals surface area contributed by atoms with Crippen LogP contribution in [-0.4, -0.2) is 43.1 Å². The molecule has 0 fully saturated rings. The van der Waals surface area contributed by atoms with Gasteiger partial charge >= 0.3 is 0 Å². The summed E-state index contributed by atoms with van der Waals surface area (Å²) >= 11 is 1.26. The second kappa shape index (κ2) is 9.19. The molecule has 0 saturated carbocycles. The molecule has 3 rings (SSSR count). The van der Waals surface area contributed by atoms with E-state index in [9.17, 15) is 14.9 Å². The first kappa shape index (κ1) is 21.0. The maximum Gasteiger partial charge on any atom is 0.287 e. The fourth-order valence-electron chi connectivity index (χ4n) is 3.40. The lowest BCUT2D eigenvalue weighted by molar-refractivity contribution is -0.382. The fraction of sp³-hybridized carbons (Fsp3) is 0.381. The Hall–Kier alpha value is -2.71. The van der Waals surface area contributed by atoms with Gasteiger partial charge in [0.05, 0.1) is 17.4 Å². The van der Waals surface area contributed by atoms with E-state index in [1.807, 2.05) is 0 Å². The number of nitro groups is 1. The van der Waals surface area contributed by atoms with Crippen molar-refractivity contribution in [2.24, 2.45) is 0 Å². The molecule has 1 aromatic heterocycles. The summed E-state index contributed by atoms with van der Waals surface area (Å²) in [7, 11) is 1.55. The lowest BCUT2D eigenvalue weighted by Crippen LogP contribution is -2.25. The normalized spacial score (nSPS) is 11.3. The smallest absolute Gasteiger partial charge is 0.287 e. The van der Waals surface area contributed by atoms with Crippen LogP contribution in [0.4, 0.5) is 11.4 Å². The zero-order chi connectivity index (χ0) is 21.0. The van der Waals surface area contributed by atoms with E-state index in [0.29, 0.717) is 38.2 Å². The standard InChI is InChI=1S/C21H25N3O4S/c1-4-23(5-2)12-6-11-22-16-8-9-17(24(26)27)21-19(16)20(25)15-13-14(28-3)7-10-18(15)29-21/h7-10,13,22H,4-6,11-12H2,1-3H3. The number of benzene rings is 2. The van der Waals surface area contributed by atoms with Gasteiger partial charge in [0, 0.05) is 28.4 Å². The Bertz CT molecular complexity index is 1090. The minimum Gasteiger partial charge on any atom is -0.497 e. The molecule has 2 aromatic carbocycles. The molecule has 29 heavy (non-hydrogen) atoms. The van der Waals surface area contributed by atoms with Crippen molar-refractivity contribution in [3.63, 3.8) is 0 Å². The van der Waals surface area contributed by atoms with Crippen LogP contribution in [0.15, 0.2) is 35.1 Å². The number of nitrogens with zero attached hydrogens (tertiary/aromatic N) is 2. The van der Waals surface area contributed by atoms with E-state index in [-0.39, 0.29) is 11.1 Å². The van der Waals surface area contributed by atoms with Crippen molar-refractivity contribution in [3.05, 3.63) is 50.7 Å². The molecule has 0 bridgehead atoms. The number of ether oxygens (including phenoxy) is 1. The SMILES string of the molecule is CCN(CC)CCCNc1ccc([N+](=O)[O-])c2sc3ccc(OC)cc3c(=O)c12. The Morgan fingerprint density at radius 1 is 1.21 bits per heavy atom. The minimum atomic E-state index is -0.433. The Morgan fingerprint density at radius 2 is 1.97 bits per heavy atom. The summed E-state index contributed by atoms with van der Waals surface area (Å²) in [6.45, 7) is 7.90. The van der Waals surface area contributed by atoms with Crippen LogP contribution in [0.1, 0.15) is 20.3 Å². The highest BCUT2D eigenvalue weighted by Crippen LogP contribution is 2.36. The molecule has 7 nitrogen and oxygen atoms in total. The number of non-ortho nitro benzene ring substituents is 1. The van der Waals surface area contributed by atoms with Crippen molar-refractivity contribution >= 4 is 42.9 Å². The summed E-state index contributed by atoms with van der Waals surface area (Å²) in [5.41, 5.74) is 0.368. The largest absolute Gasteiger partial charge is 0.497 e. The van der Waals surface area contributed by atoms with Crippen molar-refractivity contribution in [2.75, 3.05) is 38.6 Å². The van der Waals surface area contributed by atoms with Crippen LogP contribution in [0, 0.1) is 10.1 Å². The summed E-state index contributed by atoms with van der Waals surface area (Å²) in [4.78, 5) is 26.7. The highest BCUT2D eigenvalue weighted by Gasteiger charge is 2.20. The van der Waals surface area contributed by atoms with Gasteiger partial charge < -0.3 is 15.0 Å². The molecule has 0 amide bonds. The molecule has 0 aliphatic rings. The van der Waals surface area contributed by atoms with Crippen molar-refractivity contribution in [2.45, 2.75) is 20.3 Å². The van der Waals surface area contributed by atoms with Gasteiger partial charge in [0.1, 0.15) is 10.4 Å². The molecule has 8 heteroatoms. The molecule has 0 saturated heterocycles. The third-order valence-corrected chi connectivity index (χ3v) is 6.26. The van der Waals surface area contributed by atoms with E-state index in [0.717, 1.165) is 26.1 Å². The van der Waals surface area contributed by atoms with Gasteiger partial charge in [-0.15, -0.1) is 11.3 Å². The maximum atomic E-state index is 13.3. The zero-order valence-corrected chi connectivity index (χ0v) is 17.7. The van der Waals surface area contributed by atoms with Crippen LogP contribution in [0.25, 0.3) is 20.2 Å². The van der Waals surface area contributed by atoms with Crippen molar-refractivity contribution in [1.29, 1.82) is 0 Å². The Kier molecular flexibility index (Phi) is 6.66. The van der Waals surface area contributed by atoms with Gasteiger partial charge in [-0.05, 0) is 50.3 Å². The fourth-order valence-corrected chi connectivity index (χ4v) is 4.57. The Morgan fingerprint density at radius 3 is 2.62 bits per heavy atom. The molecular formula is C21H25N3O4S. The van der Waals surface area contributed by atoms with Crippen LogP contribution in [-0.2, 0) is 0 Å². The molecule has 0 spiro atoms. The molecule has 1 N–H and O–H groups in total. The highest BCUT2D eigenvalue weighted by molar-refractivity contribution is 7.25. The summed E-state index contributed by atoms with van der Waals surface area (Å²) in [5.74, 6) is 0.584. The number of hydrogen-bond acceptors (Lipinski definition) is 7. The summed E-state index contributed by atoms with van der Waals surface area (Å²) in [6, 6.07) is 8.33. The van der Waals surface area contributed by atoms with Gasteiger partial charge in [0.15, 0.2) is 5.43 Å². The van der Waals surface area contributed by atoms with Crippen LogP contribution >= 0.6 is 11.3 Å². The number of hydrogen-bond donors (Lipinski definition) is 1. The first-order chi connectivity index (χ1) is 14.0. The van der Waals surface area contributed by atoms with Gasteiger partial charge in [-0.1, -0.05) is 13.8 Å². The first-order valence-electron chi connectivity index (χ1n) is 9.68. The summed E-state index contributed by atoms with van der Waals surface area (Å²) in [5, 5.41) is 15.7. The second-order valence-corrected chi connectivity index (χ2v) is 7.75. The maximum absolute atomic E-state index is 13.3. The van der Waals surface area contributed by atoms with E-state index in [2.05, 4.69) is 24.1 Å². The Labute approximate surface area is 173 Å². The predicted molar refractivity (Wildman–Crippen MR) is 120 cm³/mol. The molecule has 0 atom stereocenters. The molecule has 154 valence electrons. The van der Waals surface area contributed by atoms with E-state index in [1.54, 1.807) is 31.4 Å². The number of fused-ring (bicyclic) bond motifs is 2. The van der Waals surface area contributed by atoms with Crippen LogP contribution in [0.2, 0.25) is 0 Å². The lowest BCUT2D eigenvalue weighted by atomic mass is 10.1. The second-order valence-electron chi connectivity index (χ2n) is 6.69. The molecule has 0 unspecified atom stereocenters.